The van der Waals surface area contributed by atoms with E-state index in [-0.39, 0.29) is 17.4 Å². The number of allylic oxidation sites excluding steroid dienone is 1. The quantitative estimate of drug-likeness (QED) is 0.509. The molecule has 2 amide bonds. The average molecular weight is 447 g/mol. The van der Waals surface area contributed by atoms with Crippen LogP contribution < -0.4 is 15.4 Å². The molecule has 10 heteroatoms. The largest absolute Gasteiger partial charge is 0.437 e. The van der Waals surface area contributed by atoms with E-state index in [1.165, 1.54) is 0 Å². The summed E-state index contributed by atoms with van der Waals surface area (Å²) < 4.78 is 5.76. The monoisotopic (exact) mass is 447 g/mol. The van der Waals surface area contributed by atoms with Gasteiger partial charge in [0.25, 0.3) is 0 Å². The Morgan fingerprint density at radius 1 is 1.18 bits per heavy atom. The molecule has 2 aromatic rings. The zero-order valence-electron chi connectivity index (χ0n) is 18.4. The summed E-state index contributed by atoms with van der Waals surface area (Å²) in [5, 5.41) is 15.9. The molecular weight excluding hydrogens is 422 g/mol. The van der Waals surface area contributed by atoms with Crippen molar-refractivity contribution in [3.63, 3.8) is 0 Å². The maximum atomic E-state index is 12.4. The Hall–Kier alpha value is -4.13. The molecule has 0 saturated carbocycles. The van der Waals surface area contributed by atoms with Crippen LogP contribution in [0.15, 0.2) is 42.4 Å². The standard InChI is InChI=1S/C23H25N7O3/c1-16(31)29-11-13-30(14-12-29)21(32)7-4-9-25-23-26-10-8-18(28-23)17(15-24)22-27-19-5-2-3-6-20(19)33-22/h2-3,5-6,8,10,27H,4,7,9,11-14H2,1H3,(H,25,26,28). The molecule has 0 aliphatic carbocycles. The summed E-state index contributed by atoms with van der Waals surface area (Å²) in [4.78, 5) is 36.0. The van der Waals surface area contributed by atoms with Crippen LogP contribution in [0.4, 0.5) is 11.6 Å². The van der Waals surface area contributed by atoms with Crippen molar-refractivity contribution in [3.8, 4) is 11.8 Å². The van der Waals surface area contributed by atoms with Crippen LogP contribution in [0.3, 0.4) is 0 Å². The highest BCUT2D eigenvalue weighted by molar-refractivity contribution is 5.82. The van der Waals surface area contributed by atoms with Gasteiger partial charge in [-0.3, -0.25) is 9.59 Å². The topological polar surface area (TPSA) is 123 Å². The van der Waals surface area contributed by atoms with Gasteiger partial charge in [-0.25, -0.2) is 9.97 Å². The van der Waals surface area contributed by atoms with Gasteiger partial charge in [0.1, 0.15) is 11.6 Å². The average Bonchev–Trinajstić information content (AvgIpc) is 3.26. The number of fused-ring (bicyclic) bond motifs is 1. The fraction of sp³-hybridized carbons (Fsp3) is 0.348. The van der Waals surface area contributed by atoms with Crippen LogP contribution in [0, 0.1) is 11.3 Å². The number of ether oxygens (including phenoxy) is 1. The second-order valence-electron chi connectivity index (χ2n) is 7.72. The zero-order chi connectivity index (χ0) is 23.2. The minimum absolute atomic E-state index is 0.0449. The van der Waals surface area contributed by atoms with Gasteiger partial charge in [0, 0.05) is 52.3 Å². The molecular formula is C23H25N7O3. The second-order valence-corrected chi connectivity index (χ2v) is 7.72. The Labute approximate surface area is 191 Å². The summed E-state index contributed by atoms with van der Waals surface area (Å²) in [5.74, 6) is 1.48. The van der Waals surface area contributed by atoms with E-state index in [4.69, 9.17) is 4.74 Å². The van der Waals surface area contributed by atoms with Crippen LogP contribution in [0.25, 0.3) is 5.57 Å². The highest BCUT2D eigenvalue weighted by atomic mass is 16.5. The molecule has 2 aliphatic heterocycles. The predicted molar refractivity (Wildman–Crippen MR) is 122 cm³/mol. The fourth-order valence-electron chi connectivity index (χ4n) is 3.71. The molecule has 0 spiro atoms. The van der Waals surface area contributed by atoms with Crippen molar-refractivity contribution in [2.75, 3.05) is 43.4 Å². The number of carbonyl (C=O) groups is 2. The van der Waals surface area contributed by atoms with Crippen LogP contribution in [-0.2, 0) is 9.59 Å². The minimum Gasteiger partial charge on any atom is -0.437 e. The lowest BCUT2D eigenvalue weighted by molar-refractivity contribution is -0.138. The van der Waals surface area contributed by atoms with E-state index in [0.717, 1.165) is 5.69 Å². The van der Waals surface area contributed by atoms with E-state index >= 15 is 0 Å². The number of carbonyl (C=O) groups excluding carboxylic acids is 2. The first-order valence-electron chi connectivity index (χ1n) is 10.8. The number of nitrogens with one attached hydrogen (secondary N) is 2. The van der Waals surface area contributed by atoms with E-state index < -0.39 is 0 Å². The van der Waals surface area contributed by atoms with Crippen molar-refractivity contribution < 1.29 is 14.3 Å². The van der Waals surface area contributed by atoms with Gasteiger partial charge in [-0.05, 0) is 24.6 Å². The van der Waals surface area contributed by atoms with Crippen LogP contribution in [0.5, 0.6) is 5.75 Å². The number of hydrogen-bond donors (Lipinski definition) is 2. The lowest BCUT2D eigenvalue weighted by Gasteiger charge is -2.34. The van der Waals surface area contributed by atoms with Crippen LogP contribution >= 0.6 is 0 Å². The molecule has 10 nitrogen and oxygen atoms in total. The highest BCUT2D eigenvalue weighted by Gasteiger charge is 2.23. The Balaban J connectivity index is 1.29. The van der Waals surface area contributed by atoms with Gasteiger partial charge >= 0.3 is 0 Å². The summed E-state index contributed by atoms with van der Waals surface area (Å²) in [6, 6.07) is 11.2. The van der Waals surface area contributed by atoms with Crippen LogP contribution in [0.2, 0.25) is 0 Å². The minimum atomic E-state index is 0.0449. The smallest absolute Gasteiger partial charge is 0.223 e. The Morgan fingerprint density at radius 2 is 1.94 bits per heavy atom. The molecule has 0 unspecified atom stereocenters. The maximum Gasteiger partial charge on any atom is 0.223 e. The Morgan fingerprint density at radius 3 is 2.67 bits per heavy atom. The van der Waals surface area contributed by atoms with Gasteiger partial charge < -0.3 is 25.2 Å². The lowest BCUT2D eigenvalue weighted by atomic mass is 10.2. The van der Waals surface area contributed by atoms with Gasteiger partial charge in [-0.2, -0.15) is 5.26 Å². The van der Waals surface area contributed by atoms with Gasteiger partial charge in [-0.15, -0.1) is 0 Å². The number of hydrogen-bond acceptors (Lipinski definition) is 8. The molecule has 1 fully saturated rings. The van der Waals surface area contributed by atoms with Crippen LogP contribution in [-0.4, -0.2) is 64.3 Å². The number of benzene rings is 1. The lowest BCUT2D eigenvalue weighted by Crippen LogP contribution is -2.50. The Bertz CT molecular complexity index is 1090. The van der Waals surface area contributed by atoms with Crippen molar-refractivity contribution in [2.24, 2.45) is 0 Å². The van der Waals surface area contributed by atoms with E-state index in [0.29, 0.717) is 68.8 Å². The molecule has 2 aliphatic rings. The van der Waals surface area contributed by atoms with Crippen molar-refractivity contribution in [1.29, 1.82) is 5.26 Å². The SMILES string of the molecule is CC(=O)N1CCN(C(=O)CCCNc2nccc(C(C#N)=C3Nc4ccccc4O3)n2)CC1. The molecule has 1 aromatic heterocycles. The van der Waals surface area contributed by atoms with E-state index in [2.05, 4.69) is 26.7 Å². The van der Waals surface area contributed by atoms with E-state index in [1.54, 1.807) is 29.0 Å². The van der Waals surface area contributed by atoms with E-state index in [1.807, 2.05) is 24.3 Å². The van der Waals surface area contributed by atoms with Crippen molar-refractivity contribution in [3.05, 3.63) is 48.1 Å². The van der Waals surface area contributed by atoms with Gasteiger partial charge in [-0.1, -0.05) is 12.1 Å². The first kappa shape index (κ1) is 22.1. The molecule has 0 atom stereocenters. The van der Waals surface area contributed by atoms with Crippen LogP contribution in [0.1, 0.15) is 25.5 Å². The highest BCUT2D eigenvalue weighted by Crippen LogP contribution is 2.35. The maximum absolute atomic E-state index is 12.4. The van der Waals surface area contributed by atoms with Gasteiger partial charge in [0.15, 0.2) is 5.75 Å². The Kier molecular flexibility index (Phi) is 6.69. The molecule has 0 radical (unpaired) electrons. The number of amides is 2. The van der Waals surface area contributed by atoms with Gasteiger partial charge in [0.2, 0.25) is 23.6 Å². The first-order valence-corrected chi connectivity index (χ1v) is 10.8. The first-order chi connectivity index (χ1) is 16.0. The van der Waals surface area contributed by atoms with Crippen molar-refractivity contribution in [1.82, 2.24) is 19.8 Å². The number of nitrogens with zero attached hydrogens (tertiary/aromatic N) is 5. The molecule has 170 valence electrons. The molecule has 1 saturated heterocycles. The zero-order valence-corrected chi connectivity index (χ0v) is 18.4. The van der Waals surface area contributed by atoms with E-state index in [9.17, 15) is 14.9 Å². The number of anilines is 2. The summed E-state index contributed by atoms with van der Waals surface area (Å²) >= 11 is 0. The summed E-state index contributed by atoms with van der Waals surface area (Å²) in [6.07, 6.45) is 2.59. The molecule has 4 rings (SSSR count). The molecule has 3 heterocycles. The third kappa shape index (κ3) is 5.20. The number of rotatable bonds is 6. The number of para-hydroxylation sites is 2. The molecule has 1 aromatic carbocycles. The number of nitriles is 1. The van der Waals surface area contributed by atoms with Crippen molar-refractivity contribution >= 4 is 29.0 Å². The molecule has 33 heavy (non-hydrogen) atoms. The normalized spacial score (nSPS) is 16.2. The third-order valence-corrected chi connectivity index (χ3v) is 5.53. The molecule has 2 N–H and O–H groups in total. The fourth-order valence-corrected chi connectivity index (χ4v) is 3.71. The summed E-state index contributed by atoms with van der Waals surface area (Å²) in [5.41, 5.74) is 1.50. The van der Waals surface area contributed by atoms with Crippen molar-refractivity contribution in [2.45, 2.75) is 19.8 Å². The number of aromatic nitrogens is 2. The summed E-state index contributed by atoms with van der Waals surface area (Å²) in [7, 11) is 0. The third-order valence-electron chi connectivity index (χ3n) is 5.53. The van der Waals surface area contributed by atoms with Gasteiger partial charge in [0.05, 0.1) is 11.4 Å². The summed E-state index contributed by atoms with van der Waals surface area (Å²) in [6.45, 7) is 4.37. The second kappa shape index (κ2) is 9.99. The number of piperazine rings is 1. The molecule has 0 bridgehead atoms. The predicted octanol–water partition coefficient (Wildman–Crippen LogP) is 2.06.